The Morgan fingerprint density at radius 2 is 1.47 bits per heavy atom. The maximum absolute atomic E-state index is 12.7. The standard InChI is InChI=1S/C23H33NO10/c1-11(18-15(28)8-23(5,6)9-16(18)29)24-19-21(33-14(4)27)20(32-13(3)26)17(10-31-12(2)25)34-22(19)30-7/h17,19-22,24H,8-10H2,1-7H3/t17-,19-,20-,21-,22-/m1/s1. The van der Waals surface area contributed by atoms with Crippen molar-refractivity contribution in [1.82, 2.24) is 5.32 Å². The van der Waals surface area contributed by atoms with Gasteiger partial charge in [-0.05, 0) is 12.3 Å². The molecule has 2 fully saturated rings. The smallest absolute Gasteiger partial charge is 0.303 e. The largest absolute Gasteiger partial charge is 0.463 e. The lowest BCUT2D eigenvalue weighted by molar-refractivity contribution is -0.271. The minimum absolute atomic E-state index is 0.0295. The molecule has 0 aromatic rings. The summed E-state index contributed by atoms with van der Waals surface area (Å²) in [5.41, 5.74) is -0.147. The molecule has 1 heterocycles. The third-order valence-corrected chi connectivity index (χ3v) is 5.53. The summed E-state index contributed by atoms with van der Waals surface area (Å²) in [5.74, 6) is -2.53. The molecule has 1 N–H and O–H groups in total. The predicted molar refractivity (Wildman–Crippen MR) is 116 cm³/mol. The van der Waals surface area contributed by atoms with Gasteiger partial charge < -0.3 is 29.0 Å². The molecule has 1 saturated heterocycles. The van der Waals surface area contributed by atoms with Crippen molar-refractivity contribution in [3.63, 3.8) is 0 Å². The number of carbonyl (C=O) groups excluding carboxylic acids is 5. The van der Waals surface area contributed by atoms with Gasteiger partial charge in [-0.25, -0.2) is 0 Å². The zero-order valence-electron chi connectivity index (χ0n) is 20.6. The molecule has 0 aromatic heterocycles. The van der Waals surface area contributed by atoms with E-state index in [0.29, 0.717) is 0 Å². The second kappa shape index (κ2) is 11.1. The van der Waals surface area contributed by atoms with Crippen LogP contribution in [0.25, 0.3) is 0 Å². The molecular formula is C23H33NO10. The summed E-state index contributed by atoms with van der Waals surface area (Å²) in [5, 5.41) is 3.03. The summed E-state index contributed by atoms with van der Waals surface area (Å²) < 4.78 is 27.2. The third kappa shape index (κ3) is 6.86. The summed E-state index contributed by atoms with van der Waals surface area (Å²) in [4.78, 5) is 60.6. The Morgan fingerprint density at radius 3 is 1.94 bits per heavy atom. The van der Waals surface area contributed by atoms with Crippen molar-refractivity contribution in [1.29, 1.82) is 0 Å². The molecule has 0 radical (unpaired) electrons. The molecule has 34 heavy (non-hydrogen) atoms. The van der Waals surface area contributed by atoms with Crippen LogP contribution in [-0.2, 0) is 47.7 Å². The number of rotatable bonds is 7. The number of esters is 3. The van der Waals surface area contributed by atoms with Crippen molar-refractivity contribution in [3.8, 4) is 0 Å². The summed E-state index contributed by atoms with van der Waals surface area (Å²) in [6.07, 6.45) is -3.99. The van der Waals surface area contributed by atoms with Crippen LogP contribution in [-0.4, -0.2) is 73.8 Å². The summed E-state index contributed by atoms with van der Waals surface area (Å²) in [6.45, 7) is 8.54. The van der Waals surface area contributed by atoms with E-state index in [1.807, 2.05) is 13.8 Å². The van der Waals surface area contributed by atoms with Crippen LogP contribution >= 0.6 is 0 Å². The van der Waals surface area contributed by atoms with Crippen molar-refractivity contribution >= 4 is 29.5 Å². The first-order valence-corrected chi connectivity index (χ1v) is 11.0. The molecule has 0 unspecified atom stereocenters. The van der Waals surface area contributed by atoms with Gasteiger partial charge in [0.2, 0.25) is 0 Å². The van der Waals surface area contributed by atoms with E-state index in [1.54, 1.807) is 6.92 Å². The minimum Gasteiger partial charge on any atom is -0.463 e. The van der Waals surface area contributed by atoms with E-state index in [9.17, 15) is 24.0 Å². The normalized spacial score (nSPS) is 28.7. The van der Waals surface area contributed by atoms with Gasteiger partial charge in [0.15, 0.2) is 30.1 Å². The van der Waals surface area contributed by atoms with Crippen LogP contribution in [0.1, 0.15) is 54.4 Å². The first-order valence-electron chi connectivity index (χ1n) is 11.0. The second-order valence-corrected chi connectivity index (χ2v) is 9.26. The number of ketones is 2. The molecular weight excluding hydrogens is 450 g/mol. The molecule has 2 aliphatic rings. The van der Waals surface area contributed by atoms with E-state index in [2.05, 4.69) is 5.32 Å². The minimum atomic E-state index is -1.17. The van der Waals surface area contributed by atoms with Crippen LogP contribution in [0.15, 0.2) is 11.3 Å². The number of nitrogens with one attached hydrogen (secondary N) is 1. The summed E-state index contributed by atoms with van der Waals surface area (Å²) in [7, 11) is 1.35. The molecule has 190 valence electrons. The van der Waals surface area contributed by atoms with Crippen molar-refractivity contribution in [2.24, 2.45) is 5.41 Å². The maximum atomic E-state index is 12.7. The number of hydrogen-bond donors (Lipinski definition) is 1. The topological polar surface area (TPSA) is 144 Å². The molecule has 1 aliphatic heterocycles. The van der Waals surface area contributed by atoms with Crippen LogP contribution in [0.5, 0.6) is 0 Å². The Labute approximate surface area is 198 Å². The Bertz CT molecular complexity index is 855. The van der Waals surface area contributed by atoms with Gasteiger partial charge in [0.1, 0.15) is 18.8 Å². The Balaban J connectivity index is 2.45. The van der Waals surface area contributed by atoms with Crippen LogP contribution in [0.3, 0.4) is 0 Å². The maximum Gasteiger partial charge on any atom is 0.303 e. The van der Waals surface area contributed by atoms with Gasteiger partial charge in [-0.15, -0.1) is 0 Å². The van der Waals surface area contributed by atoms with Gasteiger partial charge in [0.25, 0.3) is 0 Å². The number of carbonyl (C=O) groups is 5. The predicted octanol–water partition coefficient (Wildman–Crippen LogP) is 0.975. The molecule has 0 spiro atoms. The summed E-state index contributed by atoms with van der Waals surface area (Å²) in [6, 6.07) is -0.963. The lowest BCUT2D eigenvalue weighted by Gasteiger charge is -2.45. The zero-order chi connectivity index (χ0) is 25.8. The molecule has 1 aliphatic carbocycles. The van der Waals surface area contributed by atoms with Crippen molar-refractivity contribution in [2.45, 2.75) is 85.0 Å². The van der Waals surface area contributed by atoms with Gasteiger partial charge in [0.05, 0.1) is 5.57 Å². The fraction of sp³-hybridized carbons (Fsp3) is 0.696. The van der Waals surface area contributed by atoms with E-state index in [-0.39, 0.29) is 42.3 Å². The highest BCUT2D eigenvalue weighted by molar-refractivity contribution is 6.22. The van der Waals surface area contributed by atoms with Crippen LogP contribution in [0, 0.1) is 5.41 Å². The molecule has 11 heteroatoms. The lowest BCUT2D eigenvalue weighted by atomic mass is 9.73. The van der Waals surface area contributed by atoms with Crippen LogP contribution in [0.4, 0.5) is 0 Å². The highest BCUT2D eigenvalue weighted by atomic mass is 16.7. The average molecular weight is 484 g/mol. The number of Topliss-reactive ketones (excluding diaryl/α,β-unsaturated/α-hetero) is 2. The van der Waals surface area contributed by atoms with Crippen LogP contribution < -0.4 is 5.32 Å². The zero-order valence-corrected chi connectivity index (χ0v) is 20.6. The number of methoxy groups -OCH3 is 1. The highest BCUT2D eigenvalue weighted by Gasteiger charge is 2.51. The highest BCUT2D eigenvalue weighted by Crippen LogP contribution is 2.35. The fourth-order valence-corrected chi connectivity index (χ4v) is 4.26. The van der Waals surface area contributed by atoms with E-state index in [1.165, 1.54) is 27.9 Å². The van der Waals surface area contributed by atoms with Crippen molar-refractivity contribution in [2.75, 3.05) is 13.7 Å². The van der Waals surface area contributed by atoms with Gasteiger partial charge in [-0.1, -0.05) is 13.8 Å². The van der Waals surface area contributed by atoms with Gasteiger partial charge >= 0.3 is 17.9 Å². The van der Waals surface area contributed by atoms with E-state index >= 15 is 0 Å². The SMILES string of the molecule is CO[C@@H]1O[C@H](COC(C)=O)[C@@H](OC(C)=O)[C@H](OC(C)=O)[C@H]1NC(C)=C1C(=O)CC(C)(C)CC1=O. The van der Waals surface area contributed by atoms with Gasteiger partial charge in [-0.3, -0.25) is 24.0 Å². The molecule has 1 saturated carbocycles. The van der Waals surface area contributed by atoms with E-state index in [0.717, 1.165) is 0 Å². The van der Waals surface area contributed by atoms with E-state index in [4.69, 9.17) is 23.7 Å². The number of hydrogen-bond acceptors (Lipinski definition) is 11. The molecule has 5 atom stereocenters. The van der Waals surface area contributed by atoms with Crippen molar-refractivity contribution < 1.29 is 47.7 Å². The Morgan fingerprint density at radius 1 is 0.941 bits per heavy atom. The monoisotopic (exact) mass is 483 g/mol. The lowest BCUT2D eigenvalue weighted by Crippen LogP contribution is -2.65. The number of allylic oxidation sites excluding steroid dienone is 2. The number of ether oxygens (including phenoxy) is 5. The third-order valence-electron chi connectivity index (χ3n) is 5.53. The fourth-order valence-electron chi connectivity index (χ4n) is 4.26. The van der Waals surface area contributed by atoms with Crippen molar-refractivity contribution in [3.05, 3.63) is 11.3 Å². The Hall–Kier alpha value is -2.79. The summed E-state index contributed by atoms with van der Waals surface area (Å²) >= 11 is 0. The molecule has 11 nitrogen and oxygen atoms in total. The Kier molecular flexibility index (Phi) is 8.96. The second-order valence-electron chi connectivity index (χ2n) is 9.26. The van der Waals surface area contributed by atoms with Gasteiger partial charge in [0, 0.05) is 46.4 Å². The first-order chi connectivity index (χ1) is 15.8. The molecule has 0 bridgehead atoms. The first kappa shape index (κ1) is 27.5. The average Bonchev–Trinajstić information content (AvgIpc) is 2.67. The van der Waals surface area contributed by atoms with Crippen LogP contribution in [0.2, 0.25) is 0 Å². The van der Waals surface area contributed by atoms with Gasteiger partial charge in [-0.2, -0.15) is 0 Å². The quantitative estimate of drug-likeness (QED) is 0.239. The van der Waals surface area contributed by atoms with E-state index < -0.39 is 54.0 Å². The molecule has 0 amide bonds. The molecule has 0 aromatic carbocycles. The molecule has 2 rings (SSSR count).